The van der Waals surface area contributed by atoms with Gasteiger partial charge in [-0.2, -0.15) is 9.13 Å². The normalized spacial score (nSPS) is 14.0. The van der Waals surface area contributed by atoms with Crippen molar-refractivity contribution >= 4 is 0 Å². The van der Waals surface area contributed by atoms with Crippen LogP contribution < -0.4 is 9.13 Å². The molecule has 206 valence electrons. The zero-order chi connectivity index (χ0) is 29.2. The van der Waals surface area contributed by atoms with E-state index < -0.39 is 0 Å². The van der Waals surface area contributed by atoms with Crippen LogP contribution in [0.25, 0.3) is 33.6 Å². The van der Waals surface area contributed by atoms with Crippen molar-refractivity contribution in [1.29, 1.82) is 0 Å². The minimum absolute atomic E-state index is 0.0848. The van der Waals surface area contributed by atoms with E-state index in [2.05, 4.69) is 174 Å². The van der Waals surface area contributed by atoms with Crippen LogP contribution in [0.15, 0.2) is 110 Å². The Hall–Kier alpha value is -4.04. The third-order valence-corrected chi connectivity index (χ3v) is 8.84. The van der Waals surface area contributed by atoms with E-state index in [0.29, 0.717) is 0 Å². The average molecular weight is 539 g/mol. The highest BCUT2D eigenvalue weighted by Crippen LogP contribution is 2.49. The summed E-state index contributed by atoms with van der Waals surface area (Å²) >= 11 is 0. The second-order valence-electron chi connectivity index (χ2n) is 14.2. The van der Waals surface area contributed by atoms with Crippen molar-refractivity contribution in [3.8, 4) is 33.6 Å². The Bertz CT molecular complexity index is 1730. The third-order valence-electron chi connectivity index (χ3n) is 8.84. The highest BCUT2D eigenvalue weighted by Gasteiger charge is 2.38. The molecule has 0 saturated carbocycles. The number of hydrogen-bond acceptors (Lipinski definition) is 0. The molecule has 0 unspecified atom stereocenters. The molecule has 0 spiro atoms. The van der Waals surface area contributed by atoms with Crippen molar-refractivity contribution in [2.75, 3.05) is 0 Å². The van der Waals surface area contributed by atoms with Crippen LogP contribution in [0.4, 0.5) is 0 Å². The van der Waals surface area contributed by atoms with E-state index in [4.69, 9.17) is 0 Å². The van der Waals surface area contributed by atoms with Gasteiger partial charge < -0.3 is 0 Å². The minimum atomic E-state index is -0.0848. The Labute approximate surface area is 246 Å². The lowest BCUT2D eigenvalue weighted by Crippen LogP contribution is -2.32. The van der Waals surface area contributed by atoms with E-state index in [9.17, 15) is 0 Å². The molecule has 0 atom stereocenters. The second-order valence-corrected chi connectivity index (χ2v) is 14.2. The summed E-state index contributed by atoms with van der Waals surface area (Å²) in [5, 5.41) is 0. The SMILES string of the molecule is CC(C)(C)c1ccc(-[n+]2ccc(-c3ccc4c(c3)C(C)(C)c3c[n+](-c5ccc(C(C)(C)C)cc5)ccc3-4)cc2)cc1. The monoisotopic (exact) mass is 538 g/mol. The number of rotatable bonds is 3. The van der Waals surface area contributed by atoms with Gasteiger partial charge in [0.15, 0.2) is 24.8 Å². The molecule has 5 aromatic rings. The third kappa shape index (κ3) is 4.90. The Morgan fingerprint density at radius 1 is 0.488 bits per heavy atom. The molecule has 0 amide bonds. The van der Waals surface area contributed by atoms with Gasteiger partial charge in [0.25, 0.3) is 0 Å². The summed E-state index contributed by atoms with van der Waals surface area (Å²) in [7, 11) is 0. The van der Waals surface area contributed by atoms with Gasteiger partial charge in [0.05, 0.1) is 0 Å². The van der Waals surface area contributed by atoms with Crippen LogP contribution in [0.3, 0.4) is 0 Å². The van der Waals surface area contributed by atoms with Crippen molar-refractivity contribution in [3.63, 3.8) is 0 Å². The molecule has 0 bridgehead atoms. The van der Waals surface area contributed by atoms with Crippen molar-refractivity contribution < 1.29 is 9.13 Å². The van der Waals surface area contributed by atoms with Gasteiger partial charge in [-0.1, -0.05) is 91.8 Å². The van der Waals surface area contributed by atoms with E-state index in [0.717, 1.165) is 0 Å². The topological polar surface area (TPSA) is 7.76 Å². The minimum Gasteiger partial charge on any atom is -0.167 e. The molecule has 0 fully saturated rings. The first-order valence-corrected chi connectivity index (χ1v) is 14.8. The molecule has 1 aliphatic carbocycles. The van der Waals surface area contributed by atoms with Gasteiger partial charge in [-0.05, 0) is 55.8 Å². The first-order chi connectivity index (χ1) is 19.3. The molecule has 2 heterocycles. The maximum Gasteiger partial charge on any atom is 0.210 e. The molecule has 0 N–H and O–H groups in total. The van der Waals surface area contributed by atoms with Crippen molar-refractivity contribution in [2.45, 2.75) is 71.6 Å². The molecule has 41 heavy (non-hydrogen) atoms. The highest BCUT2D eigenvalue weighted by molar-refractivity contribution is 5.82. The molecule has 2 aromatic heterocycles. The molecule has 6 rings (SSSR count). The predicted molar refractivity (Wildman–Crippen MR) is 170 cm³/mol. The lowest BCUT2D eigenvalue weighted by molar-refractivity contribution is -0.596. The lowest BCUT2D eigenvalue weighted by Gasteiger charge is -2.21. The van der Waals surface area contributed by atoms with Crippen molar-refractivity contribution in [3.05, 3.63) is 132 Å². The fraction of sp³-hybridized carbons (Fsp3) is 0.282. The zero-order valence-electron chi connectivity index (χ0n) is 25.8. The van der Waals surface area contributed by atoms with Crippen molar-refractivity contribution in [1.82, 2.24) is 0 Å². The molecule has 2 nitrogen and oxygen atoms in total. The van der Waals surface area contributed by atoms with Crippen LogP contribution >= 0.6 is 0 Å². The number of fused-ring (bicyclic) bond motifs is 3. The van der Waals surface area contributed by atoms with Crippen molar-refractivity contribution in [2.24, 2.45) is 0 Å². The van der Waals surface area contributed by atoms with E-state index in [1.165, 1.54) is 55.9 Å². The first-order valence-electron chi connectivity index (χ1n) is 14.8. The Morgan fingerprint density at radius 2 is 0.976 bits per heavy atom. The average Bonchev–Trinajstić information content (AvgIpc) is 3.18. The Kier molecular flexibility index (Phi) is 6.30. The summed E-state index contributed by atoms with van der Waals surface area (Å²) in [4.78, 5) is 0. The Morgan fingerprint density at radius 3 is 1.51 bits per heavy atom. The lowest BCUT2D eigenvalue weighted by atomic mass is 9.82. The van der Waals surface area contributed by atoms with Crippen LogP contribution in [0.1, 0.15) is 77.6 Å². The van der Waals surface area contributed by atoms with E-state index in [-0.39, 0.29) is 16.2 Å². The first kappa shape index (κ1) is 27.1. The summed E-state index contributed by atoms with van der Waals surface area (Å²) in [5.41, 5.74) is 13.2. The molecule has 0 saturated heterocycles. The van der Waals surface area contributed by atoms with Gasteiger partial charge in [-0.25, -0.2) is 0 Å². The Balaban J connectivity index is 1.29. The molecular weight excluding hydrogens is 496 g/mol. The number of aromatic nitrogens is 2. The molecule has 0 radical (unpaired) electrons. The van der Waals surface area contributed by atoms with Crippen LogP contribution in [-0.2, 0) is 16.2 Å². The van der Waals surface area contributed by atoms with E-state index >= 15 is 0 Å². The zero-order valence-corrected chi connectivity index (χ0v) is 25.8. The number of hydrogen-bond donors (Lipinski definition) is 0. The number of benzene rings is 3. The largest absolute Gasteiger partial charge is 0.210 e. The van der Waals surface area contributed by atoms with Gasteiger partial charge in [0.2, 0.25) is 11.4 Å². The number of nitrogens with zero attached hydrogens (tertiary/aromatic N) is 2. The van der Waals surface area contributed by atoms with Gasteiger partial charge in [0.1, 0.15) is 0 Å². The van der Waals surface area contributed by atoms with Gasteiger partial charge >= 0.3 is 0 Å². The molecule has 0 aliphatic heterocycles. The summed E-state index contributed by atoms with van der Waals surface area (Å²) < 4.78 is 4.46. The van der Waals surface area contributed by atoms with E-state index in [1.807, 2.05) is 0 Å². The van der Waals surface area contributed by atoms with E-state index in [1.54, 1.807) is 0 Å². The van der Waals surface area contributed by atoms with Crippen LogP contribution in [0, 0.1) is 0 Å². The maximum absolute atomic E-state index is 2.40. The summed E-state index contributed by atoms with van der Waals surface area (Å²) in [6.45, 7) is 18.3. The fourth-order valence-electron chi connectivity index (χ4n) is 6.07. The fourth-order valence-corrected chi connectivity index (χ4v) is 6.07. The smallest absolute Gasteiger partial charge is 0.167 e. The highest BCUT2D eigenvalue weighted by atomic mass is 14.9. The van der Waals surface area contributed by atoms with Gasteiger partial charge in [-0.3, -0.25) is 0 Å². The van der Waals surface area contributed by atoms with Gasteiger partial charge in [0, 0.05) is 53.4 Å². The second kappa shape index (κ2) is 9.52. The van der Waals surface area contributed by atoms with Gasteiger partial charge in [-0.15, -0.1) is 0 Å². The van der Waals surface area contributed by atoms with Crippen LogP contribution in [0.2, 0.25) is 0 Å². The van der Waals surface area contributed by atoms with Crippen LogP contribution in [0.5, 0.6) is 0 Å². The summed E-state index contributed by atoms with van der Waals surface area (Å²) in [6, 6.07) is 31.6. The van der Waals surface area contributed by atoms with Crippen LogP contribution in [-0.4, -0.2) is 0 Å². The molecular formula is C39H42N2+2. The summed E-state index contributed by atoms with van der Waals surface area (Å²) in [6.07, 6.45) is 8.87. The predicted octanol–water partition coefficient (Wildman–Crippen LogP) is 8.81. The molecule has 2 heteroatoms. The molecule has 3 aromatic carbocycles. The summed E-state index contributed by atoms with van der Waals surface area (Å²) in [5.74, 6) is 0. The number of pyridine rings is 2. The maximum atomic E-state index is 2.40. The quantitative estimate of drug-likeness (QED) is 0.203. The molecule has 1 aliphatic rings. The standard InChI is InChI=1S/C39H42N2/c1-37(2,3)29-10-14-31(15-11-29)40-22-19-27(20-23-40)28-9-18-33-34-21-24-41(26-36(34)39(7,8)35(33)25-28)32-16-12-30(13-17-32)38(4,5)6/h9-26H,1-8H3/q+2.